The van der Waals surface area contributed by atoms with E-state index in [4.69, 9.17) is 9.84 Å². The smallest absolute Gasteiger partial charge is 0.154 e. The normalized spacial score (nSPS) is 15.6. The first kappa shape index (κ1) is 18.1. The molecule has 3 aromatic heterocycles. The number of aromatic nitrogens is 5. The molecule has 1 aromatic carbocycles. The summed E-state index contributed by atoms with van der Waals surface area (Å²) in [5.41, 5.74) is 4.97. The number of piperazine rings is 1. The summed E-state index contributed by atoms with van der Waals surface area (Å²) in [5, 5.41) is 13.4. The molecule has 0 radical (unpaired) electrons. The molecule has 1 aliphatic rings. The molecule has 150 valence electrons. The highest BCUT2D eigenvalue weighted by Crippen LogP contribution is 2.26. The van der Waals surface area contributed by atoms with Gasteiger partial charge >= 0.3 is 0 Å². The van der Waals surface area contributed by atoms with Gasteiger partial charge in [0.2, 0.25) is 0 Å². The number of aromatic amines is 1. The lowest BCUT2D eigenvalue weighted by atomic mass is 10.1. The first-order valence-electron chi connectivity index (χ1n) is 9.99. The van der Waals surface area contributed by atoms with Crippen LogP contribution in [0.4, 0.5) is 5.82 Å². The van der Waals surface area contributed by atoms with Gasteiger partial charge < -0.3 is 9.64 Å². The van der Waals surface area contributed by atoms with Gasteiger partial charge in [0.25, 0.3) is 0 Å². The van der Waals surface area contributed by atoms with E-state index in [1.165, 1.54) is 0 Å². The molecule has 1 fully saturated rings. The van der Waals surface area contributed by atoms with Gasteiger partial charge in [-0.2, -0.15) is 5.10 Å². The zero-order valence-electron chi connectivity index (χ0n) is 16.8. The van der Waals surface area contributed by atoms with Crippen molar-refractivity contribution < 1.29 is 4.74 Å². The van der Waals surface area contributed by atoms with Gasteiger partial charge in [-0.1, -0.05) is 6.07 Å². The van der Waals surface area contributed by atoms with E-state index in [0.717, 1.165) is 78.6 Å². The minimum absolute atomic E-state index is 0.781. The predicted octanol–water partition coefficient (Wildman–Crippen LogP) is 2.35. The number of nitrogens with zero attached hydrogens (tertiary/aromatic N) is 6. The molecular weight excluding hydrogens is 366 g/mol. The van der Waals surface area contributed by atoms with Crippen LogP contribution in [0.3, 0.4) is 0 Å². The molecule has 8 nitrogen and oxygen atoms in total. The van der Waals surface area contributed by atoms with Crippen LogP contribution in [0.15, 0.2) is 36.5 Å². The van der Waals surface area contributed by atoms with Crippen molar-refractivity contribution in [1.29, 1.82) is 0 Å². The summed E-state index contributed by atoms with van der Waals surface area (Å²) in [4.78, 5) is 9.33. The van der Waals surface area contributed by atoms with Crippen LogP contribution in [0.2, 0.25) is 0 Å². The number of ether oxygens (including phenoxy) is 1. The number of hydrogen-bond acceptors (Lipinski definition) is 6. The molecule has 29 heavy (non-hydrogen) atoms. The highest BCUT2D eigenvalue weighted by atomic mass is 16.5. The van der Waals surface area contributed by atoms with Crippen molar-refractivity contribution in [1.82, 2.24) is 29.7 Å². The molecule has 0 amide bonds. The average Bonchev–Trinajstić information content (AvgIpc) is 3.35. The maximum absolute atomic E-state index is 5.20. The monoisotopic (exact) mass is 391 g/mol. The summed E-state index contributed by atoms with van der Waals surface area (Å²) >= 11 is 0. The Morgan fingerprint density at radius 2 is 1.97 bits per heavy atom. The largest absolute Gasteiger partial charge is 0.383 e. The summed E-state index contributed by atoms with van der Waals surface area (Å²) in [6.07, 6.45) is 1.89. The SMILES string of the molecule is COCCN1CCN(c2ccc3ncc(-c4ccc5[nH]nc(C)c5c4)n3n2)CC1. The van der Waals surface area contributed by atoms with E-state index in [1.54, 1.807) is 7.11 Å². The third-order valence-electron chi connectivity index (χ3n) is 5.71. The van der Waals surface area contributed by atoms with Crippen molar-refractivity contribution in [3.05, 3.63) is 42.2 Å². The Hall–Kier alpha value is -2.97. The lowest BCUT2D eigenvalue weighted by Crippen LogP contribution is -2.47. The van der Waals surface area contributed by atoms with E-state index in [2.05, 4.69) is 49.2 Å². The molecule has 0 saturated carbocycles. The maximum atomic E-state index is 5.20. The van der Waals surface area contributed by atoms with Gasteiger partial charge in [0.1, 0.15) is 5.82 Å². The highest BCUT2D eigenvalue weighted by molar-refractivity contribution is 5.86. The van der Waals surface area contributed by atoms with Crippen LogP contribution < -0.4 is 4.90 Å². The zero-order chi connectivity index (χ0) is 19.8. The molecule has 1 saturated heterocycles. The number of fused-ring (bicyclic) bond motifs is 2. The van der Waals surface area contributed by atoms with E-state index in [0.29, 0.717) is 0 Å². The number of H-pyrrole nitrogens is 1. The van der Waals surface area contributed by atoms with Crippen LogP contribution >= 0.6 is 0 Å². The fourth-order valence-corrected chi connectivity index (χ4v) is 3.95. The molecule has 4 aromatic rings. The Kier molecular flexibility index (Phi) is 4.65. The Morgan fingerprint density at radius 3 is 2.79 bits per heavy atom. The molecule has 0 bridgehead atoms. The van der Waals surface area contributed by atoms with E-state index < -0.39 is 0 Å². The van der Waals surface area contributed by atoms with Crippen LogP contribution in [0.1, 0.15) is 5.69 Å². The maximum Gasteiger partial charge on any atom is 0.154 e. The van der Waals surface area contributed by atoms with Gasteiger partial charge in [0, 0.05) is 50.8 Å². The van der Waals surface area contributed by atoms with E-state index in [-0.39, 0.29) is 0 Å². The number of rotatable bonds is 5. The standard InChI is InChI=1S/C21H25N7O/c1-15-17-13-16(3-4-18(17)24-23-15)19-14-22-20-5-6-21(25-28(19)20)27-9-7-26(8-10-27)11-12-29-2/h3-6,13-14H,7-12H2,1-2H3,(H,23,24). The number of hydrogen-bond donors (Lipinski definition) is 1. The minimum Gasteiger partial charge on any atom is -0.383 e. The van der Waals surface area contributed by atoms with Gasteiger partial charge in [-0.3, -0.25) is 10.00 Å². The fraction of sp³-hybridized carbons (Fsp3) is 0.381. The number of aryl methyl sites for hydroxylation is 1. The molecule has 8 heteroatoms. The number of methoxy groups -OCH3 is 1. The molecule has 5 rings (SSSR count). The van der Waals surface area contributed by atoms with Gasteiger partial charge in [0.15, 0.2) is 5.65 Å². The Balaban J connectivity index is 1.44. The molecule has 1 aliphatic heterocycles. The molecule has 0 spiro atoms. The van der Waals surface area contributed by atoms with Crippen LogP contribution in [0, 0.1) is 6.92 Å². The quantitative estimate of drug-likeness (QED) is 0.563. The Morgan fingerprint density at radius 1 is 1.10 bits per heavy atom. The second kappa shape index (κ2) is 7.46. The molecule has 1 N–H and O–H groups in total. The molecule has 4 heterocycles. The van der Waals surface area contributed by atoms with Crippen molar-refractivity contribution in [2.24, 2.45) is 0 Å². The van der Waals surface area contributed by atoms with Crippen LogP contribution in [0.25, 0.3) is 27.8 Å². The third kappa shape index (κ3) is 3.34. The number of imidazole rings is 1. The summed E-state index contributed by atoms with van der Waals surface area (Å²) in [6, 6.07) is 10.4. The van der Waals surface area contributed by atoms with Crippen LogP contribution in [-0.2, 0) is 4.74 Å². The fourth-order valence-electron chi connectivity index (χ4n) is 3.95. The predicted molar refractivity (Wildman–Crippen MR) is 113 cm³/mol. The lowest BCUT2D eigenvalue weighted by Gasteiger charge is -2.35. The summed E-state index contributed by atoms with van der Waals surface area (Å²) in [5.74, 6) is 0.990. The second-order valence-corrected chi connectivity index (χ2v) is 7.50. The zero-order valence-corrected chi connectivity index (χ0v) is 16.8. The lowest BCUT2D eigenvalue weighted by molar-refractivity contribution is 0.144. The summed E-state index contributed by atoms with van der Waals surface area (Å²) < 4.78 is 7.14. The Labute approximate surface area is 169 Å². The molecule has 0 unspecified atom stereocenters. The van der Waals surface area contributed by atoms with Crippen molar-refractivity contribution in [3.8, 4) is 11.3 Å². The van der Waals surface area contributed by atoms with E-state index in [1.807, 2.05) is 23.7 Å². The van der Waals surface area contributed by atoms with Gasteiger partial charge in [0.05, 0.1) is 29.7 Å². The van der Waals surface area contributed by atoms with Crippen molar-refractivity contribution in [2.75, 3.05) is 51.3 Å². The van der Waals surface area contributed by atoms with Gasteiger partial charge in [-0.15, -0.1) is 5.10 Å². The second-order valence-electron chi connectivity index (χ2n) is 7.50. The van der Waals surface area contributed by atoms with Crippen molar-refractivity contribution in [2.45, 2.75) is 6.92 Å². The Bertz CT molecular complexity index is 1140. The number of anilines is 1. The number of benzene rings is 1. The summed E-state index contributed by atoms with van der Waals surface area (Å²) in [6.45, 7) is 7.76. The van der Waals surface area contributed by atoms with Crippen molar-refractivity contribution in [3.63, 3.8) is 0 Å². The van der Waals surface area contributed by atoms with E-state index in [9.17, 15) is 0 Å². The molecule has 0 aliphatic carbocycles. The number of nitrogens with one attached hydrogen (secondary N) is 1. The molecular formula is C21H25N7O. The van der Waals surface area contributed by atoms with Gasteiger partial charge in [-0.05, 0) is 31.2 Å². The highest BCUT2D eigenvalue weighted by Gasteiger charge is 2.19. The van der Waals surface area contributed by atoms with Gasteiger partial charge in [-0.25, -0.2) is 9.50 Å². The van der Waals surface area contributed by atoms with Crippen molar-refractivity contribution >= 4 is 22.4 Å². The molecule has 0 atom stereocenters. The summed E-state index contributed by atoms with van der Waals surface area (Å²) in [7, 11) is 1.75. The van der Waals surface area contributed by atoms with E-state index >= 15 is 0 Å². The average molecular weight is 391 g/mol. The first-order chi connectivity index (χ1) is 14.2. The minimum atomic E-state index is 0.781. The topological polar surface area (TPSA) is 74.6 Å². The first-order valence-corrected chi connectivity index (χ1v) is 9.99. The van der Waals surface area contributed by atoms with Crippen LogP contribution in [-0.4, -0.2) is 76.1 Å². The third-order valence-corrected chi connectivity index (χ3v) is 5.71. The van der Waals surface area contributed by atoms with Crippen LogP contribution in [0.5, 0.6) is 0 Å².